The summed E-state index contributed by atoms with van der Waals surface area (Å²) in [5.74, 6) is 1.25. The summed E-state index contributed by atoms with van der Waals surface area (Å²) in [6, 6.07) is 0.133. The molecule has 5 heteroatoms. The lowest BCUT2D eigenvalue weighted by atomic mass is 10.3. The molecule has 15 heavy (non-hydrogen) atoms. The molecule has 0 fully saturated rings. The van der Waals surface area contributed by atoms with E-state index in [1.165, 1.54) is 4.88 Å². The molecule has 1 aromatic rings. The molecule has 86 valence electrons. The van der Waals surface area contributed by atoms with Gasteiger partial charge in [0.05, 0.1) is 11.4 Å². The van der Waals surface area contributed by atoms with E-state index in [4.69, 9.17) is 5.73 Å². The van der Waals surface area contributed by atoms with E-state index in [-0.39, 0.29) is 6.04 Å². The van der Waals surface area contributed by atoms with E-state index >= 15 is 0 Å². The number of aryl methyl sites for hydroxylation is 2. The fourth-order valence-electron chi connectivity index (χ4n) is 1.13. The number of hydrogen-bond acceptors (Lipinski definition) is 4. The van der Waals surface area contributed by atoms with Gasteiger partial charge in [0.25, 0.3) is 0 Å². The summed E-state index contributed by atoms with van der Waals surface area (Å²) in [4.78, 5) is 5.59. The summed E-state index contributed by atoms with van der Waals surface area (Å²) in [7, 11) is -0.819. The largest absolute Gasteiger partial charge is 0.328 e. The monoisotopic (exact) mass is 246 g/mol. The first-order chi connectivity index (χ1) is 6.99. The zero-order valence-corrected chi connectivity index (χ0v) is 11.1. The van der Waals surface area contributed by atoms with Crippen LogP contribution in [-0.2, 0) is 16.6 Å². The molecule has 1 rings (SSSR count). The number of nitrogens with two attached hydrogens (primary N) is 1. The summed E-state index contributed by atoms with van der Waals surface area (Å²) in [6.45, 7) is 5.97. The summed E-state index contributed by atoms with van der Waals surface area (Å²) < 4.78 is 11.7. The molecule has 3 nitrogen and oxygen atoms in total. The lowest BCUT2D eigenvalue weighted by molar-refractivity contribution is 0.667. The highest BCUT2D eigenvalue weighted by Gasteiger charge is 2.08. The molecule has 2 N–H and O–H groups in total. The Morgan fingerprint density at radius 2 is 2.20 bits per heavy atom. The Morgan fingerprint density at radius 1 is 1.53 bits per heavy atom. The maximum absolute atomic E-state index is 11.7. The number of hydrogen-bond donors (Lipinski definition) is 1. The topological polar surface area (TPSA) is 56.0 Å². The minimum Gasteiger partial charge on any atom is -0.328 e. The molecule has 0 saturated carbocycles. The van der Waals surface area contributed by atoms with Crippen LogP contribution in [0.5, 0.6) is 0 Å². The molecule has 0 spiro atoms. The molecule has 2 unspecified atom stereocenters. The number of aromatic nitrogens is 1. The van der Waals surface area contributed by atoms with Crippen molar-refractivity contribution in [3.8, 4) is 0 Å². The molecule has 0 amide bonds. The van der Waals surface area contributed by atoms with Crippen LogP contribution in [-0.4, -0.2) is 21.0 Å². The molecule has 1 aromatic heterocycles. The van der Waals surface area contributed by atoms with Gasteiger partial charge in [-0.1, -0.05) is 0 Å². The van der Waals surface area contributed by atoms with Crippen LogP contribution in [0, 0.1) is 13.8 Å². The number of rotatable bonds is 5. The molecule has 0 aliphatic rings. The molecule has 1 heterocycles. The van der Waals surface area contributed by atoms with Gasteiger partial charge in [0, 0.05) is 27.5 Å². The standard InChI is InChI=1S/C10H18N2OS2/c1-7(11)4-5-15(13)6-10-12-8(2)9(3)14-10/h7H,4-6,11H2,1-3H3. The van der Waals surface area contributed by atoms with Crippen LogP contribution in [0.2, 0.25) is 0 Å². The molecular weight excluding hydrogens is 228 g/mol. The molecule has 0 radical (unpaired) electrons. The van der Waals surface area contributed by atoms with Crippen LogP contribution in [0.4, 0.5) is 0 Å². The Hall–Kier alpha value is -0.260. The smallest absolute Gasteiger partial charge is 0.106 e. The lowest BCUT2D eigenvalue weighted by Gasteiger charge is -2.03. The highest BCUT2D eigenvalue weighted by molar-refractivity contribution is 7.84. The third-order valence-corrected chi connectivity index (χ3v) is 4.70. The van der Waals surface area contributed by atoms with Gasteiger partial charge in [-0.2, -0.15) is 0 Å². The van der Waals surface area contributed by atoms with Crippen molar-refractivity contribution < 1.29 is 4.21 Å². The van der Waals surface area contributed by atoms with Gasteiger partial charge in [-0.15, -0.1) is 11.3 Å². The van der Waals surface area contributed by atoms with Gasteiger partial charge in [-0.3, -0.25) is 4.21 Å². The first-order valence-electron chi connectivity index (χ1n) is 5.02. The predicted octanol–water partition coefficient (Wildman–Crippen LogP) is 1.75. The van der Waals surface area contributed by atoms with E-state index in [1.807, 2.05) is 20.8 Å². The quantitative estimate of drug-likeness (QED) is 0.861. The Kier molecular flexibility index (Phi) is 4.89. The van der Waals surface area contributed by atoms with E-state index in [2.05, 4.69) is 4.98 Å². The van der Waals surface area contributed by atoms with Crippen molar-refractivity contribution in [3.63, 3.8) is 0 Å². The van der Waals surface area contributed by atoms with E-state index < -0.39 is 10.8 Å². The molecule has 0 saturated heterocycles. The minimum atomic E-state index is -0.819. The second-order valence-corrected chi connectivity index (χ2v) is 6.67. The molecule has 0 aromatic carbocycles. The van der Waals surface area contributed by atoms with Crippen LogP contribution in [0.25, 0.3) is 0 Å². The number of thiazole rings is 1. The van der Waals surface area contributed by atoms with Crippen LogP contribution < -0.4 is 5.73 Å². The van der Waals surface area contributed by atoms with Crippen LogP contribution in [0.1, 0.15) is 28.9 Å². The first kappa shape index (κ1) is 12.8. The summed E-state index contributed by atoms with van der Waals surface area (Å²) >= 11 is 1.64. The van der Waals surface area contributed by atoms with E-state index in [0.717, 1.165) is 17.1 Å². The van der Waals surface area contributed by atoms with Crippen molar-refractivity contribution in [2.24, 2.45) is 5.73 Å². The first-order valence-corrected chi connectivity index (χ1v) is 7.33. The van der Waals surface area contributed by atoms with E-state index in [1.54, 1.807) is 11.3 Å². The van der Waals surface area contributed by atoms with Gasteiger partial charge in [-0.25, -0.2) is 4.98 Å². The fraction of sp³-hybridized carbons (Fsp3) is 0.700. The highest BCUT2D eigenvalue weighted by atomic mass is 32.2. The second-order valence-electron chi connectivity index (χ2n) is 3.80. The second kappa shape index (κ2) is 5.72. The van der Waals surface area contributed by atoms with Gasteiger partial charge >= 0.3 is 0 Å². The fourth-order valence-corrected chi connectivity index (χ4v) is 3.61. The number of nitrogens with zero attached hydrogens (tertiary/aromatic N) is 1. The Labute approximate surface area is 97.6 Å². The van der Waals surface area contributed by atoms with Gasteiger partial charge < -0.3 is 5.73 Å². The Bertz CT molecular complexity index is 328. The normalized spacial score (nSPS) is 15.2. The molecule has 0 bridgehead atoms. The zero-order chi connectivity index (χ0) is 11.4. The SMILES string of the molecule is Cc1nc(CS(=O)CCC(C)N)sc1C. The van der Waals surface area contributed by atoms with Gasteiger partial charge in [-0.05, 0) is 27.2 Å². The van der Waals surface area contributed by atoms with Crippen molar-refractivity contribution in [1.29, 1.82) is 0 Å². The van der Waals surface area contributed by atoms with Gasteiger partial charge in [0.2, 0.25) is 0 Å². The van der Waals surface area contributed by atoms with Gasteiger partial charge in [0.1, 0.15) is 5.01 Å². The molecule has 0 aliphatic carbocycles. The maximum atomic E-state index is 11.7. The molecule has 0 aliphatic heterocycles. The minimum absolute atomic E-state index is 0.133. The summed E-state index contributed by atoms with van der Waals surface area (Å²) in [6.07, 6.45) is 0.815. The predicted molar refractivity (Wildman–Crippen MR) is 66.6 cm³/mol. The molecular formula is C10H18N2OS2. The van der Waals surface area contributed by atoms with Gasteiger partial charge in [0.15, 0.2) is 0 Å². The molecule has 2 atom stereocenters. The van der Waals surface area contributed by atoms with Crippen molar-refractivity contribution in [2.75, 3.05) is 5.75 Å². The van der Waals surface area contributed by atoms with Crippen molar-refractivity contribution in [3.05, 3.63) is 15.6 Å². The van der Waals surface area contributed by atoms with E-state index in [9.17, 15) is 4.21 Å². The van der Waals surface area contributed by atoms with Crippen LogP contribution in [0.15, 0.2) is 0 Å². The zero-order valence-electron chi connectivity index (χ0n) is 9.45. The van der Waals surface area contributed by atoms with Crippen molar-refractivity contribution >= 4 is 22.1 Å². The third-order valence-electron chi connectivity index (χ3n) is 2.16. The summed E-state index contributed by atoms with van der Waals surface area (Å²) in [5, 5.41) is 0.980. The average Bonchev–Trinajstić information content (AvgIpc) is 2.42. The van der Waals surface area contributed by atoms with Crippen LogP contribution >= 0.6 is 11.3 Å². The highest BCUT2D eigenvalue weighted by Crippen LogP contribution is 2.17. The van der Waals surface area contributed by atoms with E-state index in [0.29, 0.717) is 11.5 Å². The van der Waals surface area contributed by atoms with Crippen molar-refractivity contribution in [2.45, 2.75) is 39.0 Å². The van der Waals surface area contributed by atoms with Crippen molar-refractivity contribution in [1.82, 2.24) is 4.98 Å². The third kappa shape index (κ3) is 4.40. The lowest BCUT2D eigenvalue weighted by Crippen LogP contribution is -2.18. The average molecular weight is 246 g/mol. The Morgan fingerprint density at radius 3 is 2.67 bits per heavy atom. The summed E-state index contributed by atoms with van der Waals surface area (Å²) in [5.41, 5.74) is 6.67. The maximum Gasteiger partial charge on any atom is 0.106 e. The van der Waals surface area contributed by atoms with Crippen LogP contribution in [0.3, 0.4) is 0 Å². The Balaban J connectivity index is 2.44.